The first kappa shape index (κ1) is 23.1. The van der Waals surface area contributed by atoms with Crippen LogP contribution in [-0.4, -0.2) is 39.6 Å². The van der Waals surface area contributed by atoms with Gasteiger partial charge in [-0.25, -0.2) is 0 Å². The third-order valence-electron chi connectivity index (χ3n) is 5.88. The van der Waals surface area contributed by atoms with Crippen LogP contribution in [0, 0.1) is 0 Å². The Morgan fingerprint density at radius 2 is 1.71 bits per heavy atom. The molecule has 178 valence electrons. The van der Waals surface area contributed by atoms with E-state index in [-0.39, 0.29) is 25.0 Å². The Morgan fingerprint density at radius 1 is 0.971 bits per heavy atom. The van der Waals surface area contributed by atoms with E-state index in [2.05, 4.69) is 5.32 Å². The van der Waals surface area contributed by atoms with Gasteiger partial charge in [0.15, 0.2) is 16.6 Å². The van der Waals surface area contributed by atoms with E-state index < -0.39 is 6.04 Å². The number of fused-ring (bicyclic) bond motifs is 1. The molecule has 2 aliphatic rings. The number of anilines is 1. The molecule has 5 rings (SSSR count). The topological polar surface area (TPSA) is 71.1 Å². The summed E-state index contributed by atoms with van der Waals surface area (Å²) in [6.07, 6.45) is -0.0442. The Hall–Kier alpha value is -3.62. The molecule has 1 fully saturated rings. The number of rotatable bonds is 7. The molecule has 9 heteroatoms. The molecule has 0 radical (unpaired) electrons. The van der Waals surface area contributed by atoms with Crippen LogP contribution in [0.15, 0.2) is 72.8 Å². The van der Waals surface area contributed by atoms with Gasteiger partial charge >= 0.3 is 0 Å². The lowest BCUT2D eigenvalue weighted by Gasteiger charge is -2.24. The van der Waals surface area contributed by atoms with E-state index in [9.17, 15) is 9.59 Å². The van der Waals surface area contributed by atoms with E-state index in [1.807, 2.05) is 48.5 Å². The number of carbonyl (C=O) groups excluding carboxylic acids is 2. The first-order valence-corrected chi connectivity index (χ1v) is 11.9. The molecule has 2 heterocycles. The molecule has 7 nitrogen and oxygen atoms in total. The van der Waals surface area contributed by atoms with Crippen LogP contribution in [0.3, 0.4) is 0 Å². The molecule has 1 atom stereocenters. The van der Waals surface area contributed by atoms with Crippen LogP contribution in [0.1, 0.15) is 17.5 Å². The lowest BCUT2D eigenvalue weighted by molar-refractivity contribution is -0.131. The molecule has 0 saturated carbocycles. The molecule has 2 amide bonds. The quantitative estimate of drug-likeness (QED) is 0.471. The molecule has 0 bridgehead atoms. The first-order chi connectivity index (χ1) is 17.0. The molecule has 35 heavy (non-hydrogen) atoms. The van der Waals surface area contributed by atoms with Crippen molar-refractivity contribution in [2.24, 2.45) is 0 Å². The smallest absolute Gasteiger partial charge is 0.252 e. The molecule has 1 N–H and O–H groups in total. The van der Waals surface area contributed by atoms with Gasteiger partial charge in [-0.1, -0.05) is 48.0 Å². The Bertz CT molecular complexity index is 1270. The minimum Gasteiger partial charge on any atom is -0.454 e. The number of ether oxygens (including phenoxy) is 2. The summed E-state index contributed by atoms with van der Waals surface area (Å²) >= 11 is 11.7. The summed E-state index contributed by atoms with van der Waals surface area (Å²) in [7, 11) is 0. The molecule has 3 aromatic carbocycles. The maximum Gasteiger partial charge on any atom is 0.252 e. The van der Waals surface area contributed by atoms with Crippen molar-refractivity contribution in [3.8, 4) is 11.5 Å². The molecule has 3 aromatic rings. The maximum absolute atomic E-state index is 13.5. The summed E-state index contributed by atoms with van der Waals surface area (Å²) < 4.78 is 10.9. The van der Waals surface area contributed by atoms with Crippen molar-refractivity contribution in [1.82, 2.24) is 9.80 Å². The number of carbonyl (C=O) groups is 2. The molecule has 1 saturated heterocycles. The summed E-state index contributed by atoms with van der Waals surface area (Å²) in [5.74, 6) is 0.840. The molecular weight excluding hydrogens is 486 g/mol. The van der Waals surface area contributed by atoms with Gasteiger partial charge in [-0.3, -0.25) is 14.5 Å². The lowest BCUT2D eigenvalue weighted by Crippen LogP contribution is -2.37. The van der Waals surface area contributed by atoms with E-state index in [0.717, 1.165) is 11.1 Å². The average molecular weight is 508 g/mol. The number of amides is 2. The first-order valence-electron chi connectivity index (χ1n) is 11.1. The van der Waals surface area contributed by atoms with Gasteiger partial charge in [-0.15, -0.1) is 0 Å². The minimum atomic E-state index is -0.732. The van der Waals surface area contributed by atoms with Gasteiger partial charge in [0.25, 0.3) is 5.91 Å². The highest BCUT2D eigenvalue weighted by Crippen LogP contribution is 2.34. The summed E-state index contributed by atoms with van der Waals surface area (Å²) in [5, 5.41) is 3.80. The molecule has 2 aliphatic heterocycles. The summed E-state index contributed by atoms with van der Waals surface area (Å²) in [5.41, 5.74) is 2.46. The van der Waals surface area contributed by atoms with E-state index >= 15 is 0 Å². The number of thiocarbonyl (C=S) groups is 1. The predicted octanol–water partition coefficient (Wildman–Crippen LogP) is 4.60. The van der Waals surface area contributed by atoms with Gasteiger partial charge in [0, 0.05) is 17.3 Å². The van der Waals surface area contributed by atoms with Crippen molar-refractivity contribution in [1.29, 1.82) is 0 Å². The number of hydrogen-bond donors (Lipinski definition) is 1. The van der Waals surface area contributed by atoms with Crippen LogP contribution >= 0.6 is 23.8 Å². The maximum atomic E-state index is 13.5. The van der Waals surface area contributed by atoms with Crippen LogP contribution in [0.5, 0.6) is 11.5 Å². The third kappa shape index (κ3) is 5.08. The van der Waals surface area contributed by atoms with Crippen LogP contribution in [0.2, 0.25) is 5.02 Å². The van der Waals surface area contributed by atoms with Crippen LogP contribution in [0.4, 0.5) is 5.69 Å². The molecule has 0 aromatic heterocycles. The second kappa shape index (κ2) is 9.93. The number of benzene rings is 3. The zero-order chi connectivity index (χ0) is 24.4. The Labute approximate surface area is 213 Å². The number of nitrogens with one attached hydrogen (secondary N) is 1. The molecule has 0 aliphatic carbocycles. The third-order valence-corrected chi connectivity index (χ3v) is 6.59. The van der Waals surface area contributed by atoms with Crippen molar-refractivity contribution in [3.05, 3.63) is 88.9 Å². The van der Waals surface area contributed by atoms with Gasteiger partial charge < -0.3 is 19.7 Å². The predicted molar refractivity (Wildman–Crippen MR) is 136 cm³/mol. The Kier molecular flexibility index (Phi) is 6.57. The zero-order valence-corrected chi connectivity index (χ0v) is 20.2. The van der Waals surface area contributed by atoms with Gasteiger partial charge in [-0.05, 0) is 59.7 Å². The molecule has 0 unspecified atom stereocenters. The van der Waals surface area contributed by atoms with E-state index in [1.165, 1.54) is 0 Å². The highest BCUT2D eigenvalue weighted by Gasteiger charge is 2.43. The second-order valence-electron chi connectivity index (χ2n) is 8.28. The fourth-order valence-electron chi connectivity index (χ4n) is 4.14. The summed E-state index contributed by atoms with van der Waals surface area (Å²) in [6.45, 7) is 0.870. The van der Waals surface area contributed by atoms with Gasteiger partial charge in [0.1, 0.15) is 6.04 Å². The monoisotopic (exact) mass is 507 g/mol. The molecule has 0 spiro atoms. The minimum absolute atomic E-state index is 0.0442. The van der Waals surface area contributed by atoms with Crippen molar-refractivity contribution in [2.45, 2.75) is 25.6 Å². The highest BCUT2D eigenvalue weighted by atomic mass is 35.5. The highest BCUT2D eigenvalue weighted by molar-refractivity contribution is 7.80. The fraction of sp³-hybridized carbons (Fsp3) is 0.192. The number of halogens is 1. The number of nitrogens with zero attached hydrogens (tertiary/aromatic N) is 2. The van der Waals surface area contributed by atoms with Gasteiger partial charge in [-0.2, -0.15) is 0 Å². The van der Waals surface area contributed by atoms with Crippen molar-refractivity contribution >= 4 is 46.4 Å². The van der Waals surface area contributed by atoms with Crippen LogP contribution < -0.4 is 14.8 Å². The number of hydrogen-bond acceptors (Lipinski definition) is 5. The zero-order valence-electron chi connectivity index (χ0n) is 18.6. The summed E-state index contributed by atoms with van der Waals surface area (Å²) in [6, 6.07) is 21.3. The average Bonchev–Trinajstić information content (AvgIpc) is 3.41. The van der Waals surface area contributed by atoms with Crippen molar-refractivity contribution in [2.75, 3.05) is 12.1 Å². The Morgan fingerprint density at radius 3 is 2.49 bits per heavy atom. The van der Waals surface area contributed by atoms with E-state index in [0.29, 0.717) is 40.4 Å². The van der Waals surface area contributed by atoms with Crippen molar-refractivity contribution < 1.29 is 19.1 Å². The van der Waals surface area contributed by atoms with Gasteiger partial charge in [0.05, 0.1) is 13.0 Å². The van der Waals surface area contributed by atoms with E-state index in [4.69, 9.17) is 33.3 Å². The summed E-state index contributed by atoms with van der Waals surface area (Å²) in [4.78, 5) is 29.8. The van der Waals surface area contributed by atoms with Crippen LogP contribution in [-0.2, 0) is 22.7 Å². The van der Waals surface area contributed by atoms with E-state index in [1.54, 1.807) is 34.1 Å². The normalized spacial score (nSPS) is 16.7. The Balaban J connectivity index is 1.37. The van der Waals surface area contributed by atoms with Crippen LogP contribution in [0.25, 0.3) is 0 Å². The molecular formula is C26H22ClN3O4S. The van der Waals surface area contributed by atoms with Gasteiger partial charge in [0.2, 0.25) is 12.7 Å². The standard InChI is InChI=1S/C26H22ClN3O4S/c27-19-7-9-20(10-8-19)28-24(31)13-21-25(32)30(14-17-4-2-1-3-5-17)26(35)29(21)15-18-6-11-22-23(12-18)34-16-33-22/h1-12,21H,13-16H2,(H,28,31)/t21-/m0/s1. The fourth-order valence-corrected chi connectivity index (χ4v) is 4.61. The lowest BCUT2D eigenvalue weighted by atomic mass is 10.1. The van der Waals surface area contributed by atoms with Crippen molar-refractivity contribution in [3.63, 3.8) is 0 Å². The second-order valence-corrected chi connectivity index (χ2v) is 9.08. The SMILES string of the molecule is O=C(C[C@H]1C(=O)N(Cc2ccccc2)C(=S)N1Cc1ccc2c(c1)OCO2)Nc1ccc(Cl)cc1. The largest absolute Gasteiger partial charge is 0.454 e.